The van der Waals surface area contributed by atoms with Gasteiger partial charge in [-0.2, -0.15) is 0 Å². The molecule has 0 aliphatic heterocycles. The Morgan fingerprint density at radius 2 is 2.05 bits per heavy atom. The molecule has 0 bridgehead atoms. The first-order valence-electron chi connectivity index (χ1n) is 5.49. The molecule has 6 nitrogen and oxygen atoms in total. The van der Waals surface area contributed by atoms with Gasteiger partial charge in [0, 0.05) is 44.1 Å². The molecule has 1 atom stereocenters. The molecule has 100 valence electrons. The molecule has 0 spiro atoms. The van der Waals surface area contributed by atoms with Gasteiger partial charge in [-0.05, 0) is 6.07 Å². The summed E-state index contributed by atoms with van der Waals surface area (Å²) in [6.07, 6.45) is 3.12. The van der Waals surface area contributed by atoms with Gasteiger partial charge in [0.1, 0.15) is 0 Å². The van der Waals surface area contributed by atoms with Crippen LogP contribution in [0.2, 0.25) is 0 Å². The summed E-state index contributed by atoms with van der Waals surface area (Å²) in [4.78, 5) is 17.0. The van der Waals surface area contributed by atoms with Gasteiger partial charge in [-0.3, -0.25) is 19.3 Å². The third-order valence-corrected chi connectivity index (χ3v) is 3.68. The summed E-state index contributed by atoms with van der Waals surface area (Å²) in [5.41, 5.74) is 1.34. The highest BCUT2D eigenvalue weighted by atomic mass is 32.2. The lowest BCUT2D eigenvalue weighted by Gasteiger charge is -2.18. The molecule has 1 aromatic carbocycles. The molecule has 0 saturated carbocycles. The Balaban J connectivity index is 2.85. The van der Waals surface area contributed by atoms with Crippen molar-refractivity contribution in [1.82, 2.24) is 4.98 Å². The summed E-state index contributed by atoms with van der Waals surface area (Å²) in [6, 6.07) is 4.48. The zero-order chi connectivity index (χ0) is 14.2. The summed E-state index contributed by atoms with van der Waals surface area (Å²) in [5, 5.41) is 11.5. The van der Waals surface area contributed by atoms with E-state index in [9.17, 15) is 14.3 Å². The van der Waals surface area contributed by atoms with Crippen LogP contribution in [0.3, 0.4) is 0 Å². The first-order chi connectivity index (χ1) is 8.91. The lowest BCUT2D eigenvalue weighted by molar-refractivity contribution is -0.384. The summed E-state index contributed by atoms with van der Waals surface area (Å²) < 4.78 is 11.7. The van der Waals surface area contributed by atoms with Gasteiger partial charge in [-0.1, -0.05) is 0 Å². The number of anilines is 1. The Kier molecular flexibility index (Phi) is 3.48. The lowest BCUT2D eigenvalue weighted by Crippen LogP contribution is -2.13. The number of pyridine rings is 1. The van der Waals surface area contributed by atoms with Gasteiger partial charge in [0.25, 0.3) is 5.69 Å². The maximum atomic E-state index is 11.7. The fraction of sp³-hybridized carbons (Fsp3) is 0.250. The van der Waals surface area contributed by atoms with Crippen LogP contribution < -0.4 is 4.90 Å². The molecule has 0 N–H and O–H groups in total. The molecule has 1 aromatic heterocycles. The van der Waals surface area contributed by atoms with Gasteiger partial charge in [0.15, 0.2) is 0 Å². The molecular formula is C12H13N3O3S. The van der Waals surface area contributed by atoms with E-state index in [1.807, 2.05) is 14.1 Å². The highest BCUT2D eigenvalue weighted by Gasteiger charge is 2.16. The van der Waals surface area contributed by atoms with E-state index in [0.717, 1.165) is 0 Å². The van der Waals surface area contributed by atoms with Crippen LogP contribution in [0.4, 0.5) is 11.4 Å². The second-order valence-electron chi connectivity index (χ2n) is 4.28. The Hall–Kier alpha value is -2.02. The fourth-order valence-corrected chi connectivity index (χ4v) is 2.70. The highest BCUT2D eigenvalue weighted by Crippen LogP contribution is 2.32. The predicted molar refractivity (Wildman–Crippen MR) is 75.1 cm³/mol. The molecule has 0 fully saturated rings. The number of fused-ring (bicyclic) bond motifs is 1. The molecule has 0 aliphatic carbocycles. The van der Waals surface area contributed by atoms with Crippen molar-refractivity contribution in [2.75, 3.05) is 25.3 Å². The molecule has 2 aromatic rings. The lowest BCUT2D eigenvalue weighted by atomic mass is 10.1. The zero-order valence-electron chi connectivity index (χ0n) is 10.8. The molecule has 19 heavy (non-hydrogen) atoms. The van der Waals surface area contributed by atoms with Crippen LogP contribution in [-0.4, -0.2) is 34.5 Å². The van der Waals surface area contributed by atoms with E-state index in [1.165, 1.54) is 12.1 Å². The smallest absolute Gasteiger partial charge is 0.270 e. The SMILES string of the molecule is CN(C)c1c(S(C)=O)cnc2ccc([N+](=O)[O-])cc12. The third-order valence-electron chi connectivity index (χ3n) is 2.76. The topological polar surface area (TPSA) is 76.3 Å². The van der Waals surface area contributed by atoms with Crippen molar-refractivity contribution in [2.24, 2.45) is 0 Å². The maximum Gasteiger partial charge on any atom is 0.270 e. The molecular weight excluding hydrogens is 266 g/mol. The molecule has 0 amide bonds. The van der Waals surface area contributed by atoms with Gasteiger partial charge >= 0.3 is 0 Å². The van der Waals surface area contributed by atoms with Crippen molar-refractivity contribution in [3.8, 4) is 0 Å². The number of nitro groups is 1. The number of nitro benzene ring substituents is 1. The Labute approximate surface area is 112 Å². The third kappa shape index (κ3) is 2.41. The van der Waals surface area contributed by atoms with Crippen molar-refractivity contribution in [1.29, 1.82) is 0 Å². The molecule has 0 aliphatic rings. The van der Waals surface area contributed by atoms with Gasteiger partial charge < -0.3 is 4.90 Å². The van der Waals surface area contributed by atoms with E-state index in [4.69, 9.17) is 0 Å². The normalized spacial score (nSPS) is 12.4. The molecule has 0 saturated heterocycles. The van der Waals surface area contributed by atoms with Gasteiger partial charge in [0.2, 0.25) is 0 Å². The van der Waals surface area contributed by atoms with Crippen LogP contribution >= 0.6 is 0 Å². The Morgan fingerprint density at radius 1 is 1.37 bits per heavy atom. The predicted octanol–water partition coefficient (Wildman–Crippen LogP) is 1.95. The first-order valence-corrected chi connectivity index (χ1v) is 7.05. The van der Waals surface area contributed by atoms with E-state index in [0.29, 0.717) is 21.5 Å². The minimum Gasteiger partial charge on any atom is -0.376 e. The largest absolute Gasteiger partial charge is 0.376 e. The number of aromatic nitrogens is 1. The Morgan fingerprint density at radius 3 is 2.58 bits per heavy atom. The van der Waals surface area contributed by atoms with Crippen LogP contribution in [0, 0.1) is 10.1 Å². The minimum atomic E-state index is -1.21. The van der Waals surface area contributed by atoms with E-state index in [-0.39, 0.29) is 5.69 Å². The quantitative estimate of drug-likeness (QED) is 0.634. The molecule has 1 unspecified atom stereocenters. The number of non-ortho nitro benzene ring substituents is 1. The Bertz CT molecular complexity index is 680. The van der Waals surface area contributed by atoms with Crippen molar-refractivity contribution >= 4 is 33.1 Å². The summed E-state index contributed by atoms with van der Waals surface area (Å²) in [7, 11) is 2.41. The molecule has 7 heteroatoms. The summed E-state index contributed by atoms with van der Waals surface area (Å²) in [5.74, 6) is 0. The second kappa shape index (κ2) is 4.93. The average Bonchev–Trinajstić information content (AvgIpc) is 2.35. The number of hydrogen-bond donors (Lipinski definition) is 0. The minimum absolute atomic E-state index is 0.00330. The highest BCUT2D eigenvalue weighted by molar-refractivity contribution is 7.84. The summed E-state index contributed by atoms with van der Waals surface area (Å²) in [6.45, 7) is 0. The summed E-state index contributed by atoms with van der Waals surface area (Å²) >= 11 is 0. The van der Waals surface area contributed by atoms with Crippen LogP contribution in [0.5, 0.6) is 0 Å². The van der Waals surface area contributed by atoms with E-state index < -0.39 is 15.7 Å². The van der Waals surface area contributed by atoms with Crippen molar-refractivity contribution in [3.05, 3.63) is 34.5 Å². The van der Waals surface area contributed by atoms with E-state index in [2.05, 4.69) is 4.98 Å². The standard InChI is InChI=1S/C12H13N3O3S/c1-14(2)12-9-6-8(15(16)17)4-5-10(9)13-7-11(12)19(3)18/h4-7H,1-3H3. The van der Waals surface area contributed by atoms with Gasteiger partial charge in [0.05, 0.1) is 31.8 Å². The first kappa shape index (κ1) is 13.4. The van der Waals surface area contributed by atoms with Crippen LogP contribution in [-0.2, 0) is 10.8 Å². The number of rotatable bonds is 3. The second-order valence-corrected chi connectivity index (χ2v) is 5.63. The number of nitrogens with zero attached hydrogens (tertiary/aromatic N) is 3. The average molecular weight is 279 g/mol. The molecule has 2 rings (SSSR count). The van der Waals surface area contributed by atoms with Crippen LogP contribution in [0.25, 0.3) is 10.9 Å². The zero-order valence-corrected chi connectivity index (χ0v) is 11.6. The van der Waals surface area contributed by atoms with Crippen molar-refractivity contribution in [2.45, 2.75) is 4.90 Å². The van der Waals surface area contributed by atoms with Crippen LogP contribution in [0.1, 0.15) is 0 Å². The fourth-order valence-electron chi connectivity index (χ4n) is 1.93. The van der Waals surface area contributed by atoms with E-state index in [1.54, 1.807) is 23.4 Å². The van der Waals surface area contributed by atoms with Crippen LogP contribution in [0.15, 0.2) is 29.3 Å². The van der Waals surface area contributed by atoms with Crippen molar-refractivity contribution < 1.29 is 9.13 Å². The maximum absolute atomic E-state index is 11.7. The van der Waals surface area contributed by atoms with Gasteiger partial charge in [-0.25, -0.2) is 0 Å². The molecule has 1 heterocycles. The van der Waals surface area contributed by atoms with E-state index >= 15 is 0 Å². The van der Waals surface area contributed by atoms with Crippen molar-refractivity contribution in [3.63, 3.8) is 0 Å². The van der Waals surface area contributed by atoms with Gasteiger partial charge in [-0.15, -0.1) is 0 Å². The molecule has 0 radical (unpaired) electrons. The number of hydrogen-bond acceptors (Lipinski definition) is 5. The number of benzene rings is 1. The monoisotopic (exact) mass is 279 g/mol.